The van der Waals surface area contributed by atoms with E-state index in [-0.39, 0.29) is 0 Å². The number of nitrogen functional groups attached to an aromatic ring is 1. The third-order valence-corrected chi connectivity index (χ3v) is 1.76. The fourth-order valence-corrected chi connectivity index (χ4v) is 1.19. The minimum atomic E-state index is 0.406. The molecule has 0 unspecified atom stereocenters. The third-order valence-electron chi connectivity index (χ3n) is 1.76. The van der Waals surface area contributed by atoms with Crippen molar-refractivity contribution in [1.82, 2.24) is 19.5 Å². The van der Waals surface area contributed by atoms with Crippen molar-refractivity contribution in [3.63, 3.8) is 0 Å². The summed E-state index contributed by atoms with van der Waals surface area (Å²) in [5.74, 6) is 1.04. The first-order valence-electron chi connectivity index (χ1n) is 3.81. The zero-order chi connectivity index (χ0) is 9.42. The number of fused-ring (bicyclic) bond motifs is 1. The fraction of sp³-hybridized carbons (Fsp3) is 0.125. The van der Waals surface area contributed by atoms with Crippen molar-refractivity contribution in [2.24, 2.45) is 0 Å². The average Bonchev–Trinajstić information content (AvgIpc) is 2.47. The Balaban J connectivity index is 2.89. The lowest BCUT2D eigenvalue weighted by molar-refractivity contribution is 1.06. The van der Waals surface area contributed by atoms with E-state index in [9.17, 15) is 0 Å². The molecule has 0 bridgehead atoms. The van der Waals surface area contributed by atoms with E-state index in [2.05, 4.69) is 21.5 Å². The number of anilines is 1. The van der Waals surface area contributed by atoms with Gasteiger partial charge in [-0.1, -0.05) is 6.58 Å². The molecule has 5 nitrogen and oxygen atoms in total. The maximum atomic E-state index is 5.66. The molecule has 0 aliphatic carbocycles. The summed E-state index contributed by atoms with van der Waals surface area (Å²) >= 11 is 0. The third kappa shape index (κ3) is 1.05. The first-order chi connectivity index (χ1) is 6.22. The van der Waals surface area contributed by atoms with E-state index >= 15 is 0 Å². The first-order valence-corrected chi connectivity index (χ1v) is 3.81. The maximum absolute atomic E-state index is 5.66. The topological polar surface area (TPSA) is 69.6 Å². The monoisotopic (exact) mass is 175 g/mol. The molecule has 0 aliphatic heterocycles. The Bertz CT molecular complexity index is 471. The van der Waals surface area contributed by atoms with Gasteiger partial charge >= 0.3 is 0 Å². The van der Waals surface area contributed by atoms with Crippen LogP contribution in [0.3, 0.4) is 0 Å². The zero-order valence-electron chi connectivity index (χ0n) is 7.23. The molecular weight excluding hydrogens is 166 g/mol. The van der Waals surface area contributed by atoms with Crippen LogP contribution in [0.15, 0.2) is 12.9 Å². The highest BCUT2D eigenvalue weighted by atomic mass is 15.1. The molecule has 66 valence electrons. The number of imidazole rings is 1. The molecule has 0 amide bonds. The van der Waals surface area contributed by atoms with Crippen molar-refractivity contribution < 1.29 is 0 Å². The SMILES string of the molecule is C=Cn1cnc2c(N)nc(C)nc21. The van der Waals surface area contributed by atoms with E-state index in [1.807, 2.05) is 0 Å². The van der Waals surface area contributed by atoms with Crippen LogP contribution in [0, 0.1) is 6.92 Å². The highest BCUT2D eigenvalue weighted by molar-refractivity contribution is 5.82. The quantitative estimate of drug-likeness (QED) is 0.696. The van der Waals surface area contributed by atoms with Crippen LogP contribution >= 0.6 is 0 Å². The standard InChI is InChI=1S/C8H9N5/c1-3-13-4-10-6-7(9)11-5(2)12-8(6)13/h3-4H,1H2,2H3,(H2,9,11,12). The molecule has 2 N–H and O–H groups in total. The predicted octanol–water partition coefficient (Wildman–Crippen LogP) is 0.817. The lowest BCUT2D eigenvalue weighted by Gasteiger charge is -1.97. The lowest BCUT2D eigenvalue weighted by Crippen LogP contribution is -1.98. The van der Waals surface area contributed by atoms with Crippen molar-refractivity contribution in [2.75, 3.05) is 5.73 Å². The molecule has 2 aromatic rings. The summed E-state index contributed by atoms with van der Waals surface area (Å²) in [7, 11) is 0. The summed E-state index contributed by atoms with van der Waals surface area (Å²) in [4.78, 5) is 12.3. The Hall–Kier alpha value is -1.91. The molecule has 5 heteroatoms. The van der Waals surface area contributed by atoms with Gasteiger partial charge in [0.15, 0.2) is 17.0 Å². The van der Waals surface area contributed by atoms with Gasteiger partial charge < -0.3 is 5.73 Å². The number of hydrogen-bond donors (Lipinski definition) is 1. The van der Waals surface area contributed by atoms with Crippen LogP contribution in [-0.2, 0) is 0 Å². The molecule has 0 fully saturated rings. The maximum Gasteiger partial charge on any atom is 0.169 e. The van der Waals surface area contributed by atoms with Crippen LogP contribution in [0.1, 0.15) is 5.82 Å². The summed E-state index contributed by atoms with van der Waals surface area (Å²) in [6, 6.07) is 0. The molecule has 2 heterocycles. The summed E-state index contributed by atoms with van der Waals surface area (Å²) in [5, 5.41) is 0. The van der Waals surface area contributed by atoms with Crippen molar-refractivity contribution in [3.8, 4) is 0 Å². The van der Waals surface area contributed by atoms with Crippen LogP contribution in [0.25, 0.3) is 17.4 Å². The summed E-state index contributed by atoms with van der Waals surface area (Å²) < 4.78 is 1.71. The molecule has 0 aromatic carbocycles. The molecule has 2 aromatic heterocycles. The van der Waals surface area contributed by atoms with Crippen molar-refractivity contribution in [2.45, 2.75) is 6.92 Å². The van der Waals surface area contributed by atoms with Crippen molar-refractivity contribution in [1.29, 1.82) is 0 Å². The molecule has 13 heavy (non-hydrogen) atoms. The smallest absolute Gasteiger partial charge is 0.169 e. The normalized spacial score (nSPS) is 10.5. The predicted molar refractivity (Wildman–Crippen MR) is 50.9 cm³/mol. The van der Waals surface area contributed by atoms with Gasteiger partial charge in [-0.15, -0.1) is 0 Å². The van der Waals surface area contributed by atoms with Crippen LogP contribution in [0.5, 0.6) is 0 Å². The summed E-state index contributed by atoms with van der Waals surface area (Å²) in [6.45, 7) is 5.42. The van der Waals surface area contributed by atoms with Gasteiger partial charge in [0.25, 0.3) is 0 Å². The second-order valence-corrected chi connectivity index (χ2v) is 2.66. The van der Waals surface area contributed by atoms with E-state index in [0.29, 0.717) is 22.8 Å². The summed E-state index contributed by atoms with van der Waals surface area (Å²) in [6.07, 6.45) is 3.24. The lowest BCUT2D eigenvalue weighted by atomic mass is 10.5. The van der Waals surface area contributed by atoms with E-state index < -0.39 is 0 Å². The minimum absolute atomic E-state index is 0.406. The first kappa shape index (κ1) is 7.72. The Morgan fingerprint density at radius 3 is 3.00 bits per heavy atom. The van der Waals surface area contributed by atoms with E-state index in [0.717, 1.165) is 0 Å². The number of aryl methyl sites for hydroxylation is 1. The number of nitrogens with zero attached hydrogens (tertiary/aromatic N) is 4. The number of hydrogen-bond acceptors (Lipinski definition) is 4. The molecule has 2 rings (SSSR count). The molecule has 0 saturated carbocycles. The van der Waals surface area contributed by atoms with Crippen LogP contribution in [0.2, 0.25) is 0 Å². The van der Waals surface area contributed by atoms with Crippen LogP contribution in [0.4, 0.5) is 5.82 Å². The van der Waals surface area contributed by atoms with Gasteiger partial charge in [-0.2, -0.15) is 0 Å². The van der Waals surface area contributed by atoms with Gasteiger partial charge in [-0.3, -0.25) is 4.57 Å². The molecule has 0 spiro atoms. The highest BCUT2D eigenvalue weighted by Crippen LogP contribution is 2.15. The van der Waals surface area contributed by atoms with E-state index in [4.69, 9.17) is 5.73 Å². The number of rotatable bonds is 1. The van der Waals surface area contributed by atoms with E-state index in [1.54, 1.807) is 24.0 Å². The highest BCUT2D eigenvalue weighted by Gasteiger charge is 2.06. The summed E-state index contributed by atoms with van der Waals surface area (Å²) in [5.41, 5.74) is 6.97. The Morgan fingerprint density at radius 1 is 1.54 bits per heavy atom. The molecule has 0 aliphatic rings. The Morgan fingerprint density at radius 2 is 2.31 bits per heavy atom. The minimum Gasteiger partial charge on any atom is -0.382 e. The van der Waals surface area contributed by atoms with E-state index in [1.165, 1.54) is 0 Å². The molecule has 0 atom stereocenters. The number of aromatic nitrogens is 4. The van der Waals surface area contributed by atoms with Gasteiger partial charge in [0.05, 0.1) is 0 Å². The second-order valence-electron chi connectivity index (χ2n) is 2.66. The average molecular weight is 175 g/mol. The molecule has 0 radical (unpaired) electrons. The van der Waals surface area contributed by atoms with Gasteiger partial charge in [0, 0.05) is 6.20 Å². The number of nitrogens with two attached hydrogens (primary N) is 1. The van der Waals surface area contributed by atoms with Crippen LogP contribution < -0.4 is 5.73 Å². The molecule has 0 saturated heterocycles. The van der Waals surface area contributed by atoms with Gasteiger partial charge in [-0.05, 0) is 6.92 Å². The van der Waals surface area contributed by atoms with Crippen LogP contribution in [-0.4, -0.2) is 19.5 Å². The molecular formula is C8H9N5. The largest absolute Gasteiger partial charge is 0.382 e. The second kappa shape index (κ2) is 2.55. The van der Waals surface area contributed by atoms with Gasteiger partial charge in [-0.25, -0.2) is 15.0 Å². The Labute approximate surface area is 74.9 Å². The van der Waals surface area contributed by atoms with Gasteiger partial charge in [0.1, 0.15) is 12.2 Å². The fourth-order valence-electron chi connectivity index (χ4n) is 1.19. The van der Waals surface area contributed by atoms with Crippen molar-refractivity contribution in [3.05, 3.63) is 18.7 Å². The zero-order valence-corrected chi connectivity index (χ0v) is 7.23. The van der Waals surface area contributed by atoms with Crippen molar-refractivity contribution >= 4 is 23.2 Å². The van der Waals surface area contributed by atoms with Gasteiger partial charge in [0.2, 0.25) is 0 Å². The Kier molecular flexibility index (Phi) is 1.51.